The molecule has 3 fully saturated rings. The van der Waals surface area contributed by atoms with Gasteiger partial charge in [-0.05, 0) is 56.7 Å². The normalized spacial score (nSPS) is 22.4. The second kappa shape index (κ2) is 8.02. The second-order valence-corrected chi connectivity index (χ2v) is 8.34. The molecule has 3 aromatic heterocycles. The molecule has 0 N–H and O–H groups in total. The van der Waals surface area contributed by atoms with E-state index in [9.17, 15) is 4.79 Å². The third-order valence-electron chi connectivity index (χ3n) is 6.04. The molecule has 1 saturated carbocycles. The summed E-state index contributed by atoms with van der Waals surface area (Å²) in [7, 11) is 0. The van der Waals surface area contributed by atoms with Crippen molar-refractivity contribution in [2.75, 3.05) is 6.54 Å². The molecule has 8 heteroatoms. The van der Waals surface area contributed by atoms with Crippen LogP contribution in [-0.2, 0) is 0 Å². The Labute approximate surface area is 180 Å². The summed E-state index contributed by atoms with van der Waals surface area (Å²) in [5.41, 5.74) is 2.82. The number of carbonyl (C=O) groups excluding carboxylic acids is 1. The summed E-state index contributed by atoms with van der Waals surface area (Å²) >= 11 is 0. The summed E-state index contributed by atoms with van der Waals surface area (Å²) in [6, 6.07) is 3.62. The zero-order valence-electron chi connectivity index (χ0n) is 17.6. The topological polar surface area (TPSA) is 94.0 Å². The Hall–Kier alpha value is -3.42. The Kier molecular flexibility index (Phi) is 5.05. The predicted molar refractivity (Wildman–Crippen MR) is 113 cm³/mol. The minimum atomic E-state index is -0.0948. The fourth-order valence-corrected chi connectivity index (χ4v) is 4.58. The summed E-state index contributed by atoms with van der Waals surface area (Å²) in [6.07, 6.45) is 11.3. The lowest BCUT2D eigenvalue weighted by molar-refractivity contribution is -0.0314. The van der Waals surface area contributed by atoms with Crippen molar-refractivity contribution in [1.29, 1.82) is 0 Å². The van der Waals surface area contributed by atoms with Crippen molar-refractivity contribution in [3.63, 3.8) is 0 Å². The number of rotatable bonds is 4. The van der Waals surface area contributed by atoms with E-state index in [1.54, 1.807) is 37.1 Å². The van der Waals surface area contributed by atoms with Crippen LogP contribution in [0.3, 0.4) is 0 Å². The first-order chi connectivity index (χ1) is 15.1. The second-order valence-electron chi connectivity index (χ2n) is 8.34. The molecule has 2 saturated heterocycles. The standard InChI is InChI=1S/C23H24N6O2/c1-14-8-17(21(28-10-14)22-24-6-3-7-25-22)23(30)29-13-16-4-5-18(29)19(9-16)31-20-12-26-15(2)11-27-20/h3,6-8,10-12,16,18-19H,4-5,9,13H2,1-2H3. The van der Waals surface area contributed by atoms with E-state index in [4.69, 9.17) is 4.74 Å². The zero-order chi connectivity index (χ0) is 21.4. The van der Waals surface area contributed by atoms with E-state index in [0.29, 0.717) is 28.9 Å². The fraction of sp³-hybridized carbons (Fsp3) is 0.391. The molecule has 3 atom stereocenters. The quantitative estimate of drug-likeness (QED) is 0.645. The van der Waals surface area contributed by atoms with Gasteiger partial charge in [0, 0.05) is 25.1 Å². The Morgan fingerprint density at radius 1 is 1.03 bits per heavy atom. The van der Waals surface area contributed by atoms with Crippen LogP contribution in [-0.4, -0.2) is 54.4 Å². The molecule has 3 aliphatic rings. The predicted octanol–water partition coefficient (Wildman–Crippen LogP) is 3.02. The van der Waals surface area contributed by atoms with E-state index in [2.05, 4.69) is 24.9 Å². The molecule has 3 unspecified atom stereocenters. The maximum atomic E-state index is 13.7. The molecule has 6 rings (SSSR count). The van der Waals surface area contributed by atoms with Crippen LogP contribution < -0.4 is 4.74 Å². The van der Waals surface area contributed by atoms with Crippen LogP contribution in [0.25, 0.3) is 11.5 Å². The lowest BCUT2D eigenvalue weighted by atomic mass is 9.77. The van der Waals surface area contributed by atoms with Gasteiger partial charge in [0.25, 0.3) is 5.91 Å². The zero-order valence-corrected chi connectivity index (χ0v) is 17.6. The number of aryl methyl sites for hydroxylation is 2. The van der Waals surface area contributed by atoms with Gasteiger partial charge >= 0.3 is 0 Å². The number of nitrogens with zero attached hydrogens (tertiary/aromatic N) is 6. The molecule has 1 aliphatic carbocycles. The first kappa shape index (κ1) is 19.5. The molecule has 31 heavy (non-hydrogen) atoms. The average Bonchev–Trinajstić information content (AvgIpc) is 2.81. The number of carbonyl (C=O) groups is 1. The molecular weight excluding hydrogens is 392 g/mol. The summed E-state index contributed by atoms with van der Waals surface area (Å²) in [5.74, 6) is 1.32. The van der Waals surface area contributed by atoms with Crippen LogP contribution in [0.15, 0.2) is 43.1 Å². The van der Waals surface area contributed by atoms with Crippen molar-refractivity contribution in [3.8, 4) is 17.4 Å². The van der Waals surface area contributed by atoms with Crippen molar-refractivity contribution in [1.82, 2.24) is 29.8 Å². The molecule has 2 aliphatic heterocycles. The number of fused-ring (bicyclic) bond motifs is 3. The minimum Gasteiger partial charge on any atom is -0.471 e. The largest absolute Gasteiger partial charge is 0.471 e. The van der Waals surface area contributed by atoms with Crippen LogP contribution in [0.4, 0.5) is 0 Å². The first-order valence-electron chi connectivity index (χ1n) is 10.6. The fourth-order valence-electron chi connectivity index (χ4n) is 4.58. The SMILES string of the molecule is Cc1cnc(-c2ncccn2)c(C(=O)N2CC3CCC2C(Oc2cnc(C)cn2)C3)c1. The molecule has 0 aromatic carbocycles. The number of amides is 1. The Bertz CT molecular complexity index is 1090. The summed E-state index contributed by atoms with van der Waals surface area (Å²) in [6.45, 7) is 4.55. The number of pyridine rings is 1. The van der Waals surface area contributed by atoms with Crippen LogP contribution >= 0.6 is 0 Å². The number of aromatic nitrogens is 5. The molecule has 0 spiro atoms. The monoisotopic (exact) mass is 416 g/mol. The van der Waals surface area contributed by atoms with Crippen LogP contribution in [0.2, 0.25) is 0 Å². The third-order valence-corrected chi connectivity index (χ3v) is 6.04. The van der Waals surface area contributed by atoms with Crippen molar-refractivity contribution in [2.45, 2.75) is 45.3 Å². The Morgan fingerprint density at radius 2 is 1.87 bits per heavy atom. The number of hydrogen-bond acceptors (Lipinski definition) is 7. The van der Waals surface area contributed by atoms with Gasteiger partial charge in [-0.15, -0.1) is 0 Å². The highest BCUT2D eigenvalue weighted by Gasteiger charge is 2.45. The lowest BCUT2D eigenvalue weighted by Gasteiger charge is -2.49. The Morgan fingerprint density at radius 3 is 2.61 bits per heavy atom. The molecule has 2 bridgehead atoms. The third kappa shape index (κ3) is 3.85. The summed E-state index contributed by atoms with van der Waals surface area (Å²) in [4.78, 5) is 37.4. The van der Waals surface area contributed by atoms with Gasteiger partial charge in [-0.2, -0.15) is 0 Å². The molecule has 8 nitrogen and oxygen atoms in total. The van der Waals surface area contributed by atoms with Gasteiger partial charge in [0.15, 0.2) is 5.82 Å². The Balaban J connectivity index is 1.44. The molecule has 158 valence electrons. The minimum absolute atomic E-state index is 0.00865. The highest BCUT2D eigenvalue weighted by Crippen LogP contribution is 2.38. The van der Waals surface area contributed by atoms with E-state index in [1.807, 2.05) is 24.8 Å². The average molecular weight is 416 g/mol. The molecule has 5 heterocycles. The highest BCUT2D eigenvalue weighted by molar-refractivity contribution is 5.99. The lowest BCUT2D eigenvalue weighted by Crippen LogP contribution is -2.59. The molecular formula is C23H24N6O2. The highest BCUT2D eigenvalue weighted by atomic mass is 16.5. The van der Waals surface area contributed by atoms with Crippen LogP contribution in [0.1, 0.15) is 40.9 Å². The summed E-state index contributed by atoms with van der Waals surface area (Å²) < 4.78 is 6.19. The van der Waals surface area contributed by atoms with E-state index < -0.39 is 0 Å². The van der Waals surface area contributed by atoms with Gasteiger partial charge in [0.1, 0.15) is 11.8 Å². The van der Waals surface area contributed by atoms with Gasteiger partial charge in [-0.3, -0.25) is 14.8 Å². The van der Waals surface area contributed by atoms with Gasteiger partial charge in [0.05, 0.1) is 29.7 Å². The van der Waals surface area contributed by atoms with Crippen LogP contribution in [0.5, 0.6) is 5.88 Å². The summed E-state index contributed by atoms with van der Waals surface area (Å²) in [5, 5.41) is 0. The smallest absolute Gasteiger partial charge is 0.256 e. The number of hydrogen-bond donors (Lipinski definition) is 0. The molecule has 1 amide bonds. The van der Waals surface area contributed by atoms with Crippen molar-refractivity contribution in [2.24, 2.45) is 5.92 Å². The van der Waals surface area contributed by atoms with Gasteiger partial charge in [-0.1, -0.05) is 0 Å². The number of ether oxygens (including phenoxy) is 1. The van der Waals surface area contributed by atoms with Gasteiger partial charge in [0.2, 0.25) is 5.88 Å². The van der Waals surface area contributed by atoms with E-state index in [1.165, 1.54) is 0 Å². The maximum Gasteiger partial charge on any atom is 0.256 e. The van der Waals surface area contributed by atoms with E-state index in [-0.39, 0.29) is 18.1 Å². The van der Waals surface area contributed by atoms with Gasteiger partial charge < -0.3 is 9.64 Å². The van der Waals surface area contributed by atoms with E-state index in [0.717, 1.165) is 37.1 Å². The number of piperidine rings is 2. The van der Waals surface area contributed by atoms with Crippen molar-refractivity contribution < 1.29 is 9.53 Å². The van der Waals surface area contributed by atoms with Crippen molar-refractivity contribution in [3.05, 3.63) is 59.9 Å². The van der Waals surface area contributed by atoms with Crippen LogP contribution in [0, 0.1) is 19.8 Å². The molecule has 3 aromatic rings. The van der Waals surface area contributed by atoms with Gasteiger partial charge in [-0.25, -0.2) is 15.0 Å². The maximum absolute atomic E-state index is 13.7. The molecule has 0 radical (unpaired) electrons. The van der Waals surface area contributed by atoms with E-state index >= 15 is 0 Å². The van der Waals surface area contributed by atoms with Crippen molar-refractivity contribution >= 4 is 5.91 Å². The first-order valence-corrected chi connectivity index (χ1v) is 10.6.